The molecule has 1 aromatic rings. The number of hydrogen-bond acceptors (Lipinski definition) is 4. The SMILES string of the molecule is CNC1(C)CCN(Cc2nncn2C)CC1. The third kappa shape index (κ3) is 2.41. The maximum Gasteiger partial charge on any atom is 0.146 e. The largest absolute Gasteiger partial charge is 0.320 e. The van der Waals surface area contributed by atoms with Gasteiger partial charge in [-0.2, -0.15) is 0 Å². The highest BCUT2D eigenvalue weighted by atomic mass is 15.3. The van der Waals surface area contributed by atoms with E-state index in [0.717, 1.165) is 25.5 Å². The summed E-state index contributed by atoms with van der Waals surface area (Å²) in [5.74, 6) is 1.05. The van der Waals surface area contributed by atoms with E-state index in [4.69, 9.17) is 0 Å². The molecule has 90 valence electrons. The second-order valence-electron chi connectivity index (χ2n) is 4.94. The monoisotopic (exact) mass is 223 g/mol. The molecule has 5 nitrogen and oxygen atoms in total. The fraction of sp³-hybridized carbons (Fsp3) is 0.818. The first-order valence-electron chi connectivity index (χ1n) is 5.87. The number of nitrogens with zero attached hydrogens (tertiary/aromatic N) is 4. The van der Waals surface area contributed by atoms with Gasteiger partial charge in [-0.15, -0.1) is 10.2 Å². The summed E-state index contributed by atoms with van der Waals surface area (Å²) in [5.41, 5.74) is 0.316. The van der Waals surface area contributed by atoms with Crippen molar-refractivity contribution >= 4 is 0 Å². The molecule has 1 aliphatic heterocycles. The van der Waals surface area contributed by atoms with E-state index in [9.17, 15) is 0 Å². The van der Waals surface area contributed by atoms with Crippen LogP contribution in [0.4, 0.5) is 0 Å². The fourth-order valence-electron chi connectivity index (χ4n) is 2.10. The Balaban J connectivity index is 1.88. The topological polar surface area (TPSA) is 46.0 Å². The van der Waals surface area contributed by atoms with Gasteiger partial charge < -0.3 is 9.88 Å². The van der Waals surface area contributed by atoms with Crippen molar-refractivity contribution in [2.75, 3.05) is 20.1 Å². The van der Waals surface area contributed by atoms with Crippen LogP contribution in [-0.2, 0) is 13.6 Å². The zero-order chi connectivity index (χ0) is 11.6. The molecule has 1 N–H and O–H groups in total. The molecule has 0 radical (unpaired) electrons. The van der Waals surface area contributed by atoms with Crippen molar-refractivity contribution in [3.05, 3.63) is 12.2 Å². The van der Waals surface area contributed by atoms with Gasteiger partial charge in [0.15, 0.2) is 0 Å². The first kappa shape index (κ1) is 11.5. The standard InChI is InChI=1S/C11H21N5/c1-11(12-2)4-6-16(7-5-11)8-10-14-13-9-15(10)3/h9,12H,4-8H2,1-3H3. The highest BCUT2D eigenvalue weighted by Crippen LogP contribution is 2.21. The molecule has 2 rings (SSSR count). The second-order valence-corrected chi connectivity index (χ2v) is 4.94. The van der Waals surface area contributed by atoms with Gasteiger partial charge in [0, 0.05) is 25.7 Å². The van der Waals surface area contributed by atoms with Gasteiger partial charge in [-0.05, 0) is 26.8 Å². The summed E-state index contributed by atoms with van der Waals surface area (Å²) in [4.78, 5) is 2.45. The summed E-state index contributed by atoms with van der Waals surface area (Å²) in [7, 11) is 4.05. The van der Waals surface area contributed by atoms with Crippen LogP contribution in [0.25, 0.3) is 0 Å². The van der Waals surface area contributed by atoms with E-state index in [-0.39, 0.29) is 0 Å². The number of likely N-dealkylation sites (tertiary alicyclic amines) is 1. The molecular weight excluding hydrogens is 202 g/mol. The van der Waals surface area contributed by atoms with E-state index in [1.54, 1.807) is 6.33 Å². The van der Waals surface area contributed by atoms with Gasteiger partial charge in [-0.25, -0.2) is 0 Å². The molecule has 0 saturated carbocycles. The van der Waals surface area contributed by atoms with Crippen molar-refractivity contribution in [2.24, 2.45) is 7.05 Å². The number of rotatable bonds is 3. The van der Waals surface area contributed by atoms with Crippen LogP contribution in [0.15, 0.2) is 6.33 Å². The molecule has 1 saturated heterocycles. The Labute approximate surface area is 96.8 Å². The first-order valence-corrected chi connectivity index (χ1v) is 5.87. The molecule has 1 aromatic heterocycles. The highest BCUT2D eigenvalue weighted by molar-refractivity contribution is 4.91. The van der Waals surface area contributed by atoms with Crippen LogP contribution >= 0.6 is 0 Å². The molecule has 0 atom stereocenters. The number of hydrogen-bond donors (Lipinski definition) is 1. The maximum atomic E-state index is 4.12. The number of aryl methyl sites for hydroxylation is 1. The van der Waals surface area contributed by atoms with Gasteiger partial charge >= 0.3 is 0 Å². The molecule has 0 aromatic carbocycles. The van der Waals surface area contributed by atoms with E-state index in [1.165, 1.54) is 12.8 Å². The van der Waals surface area contributed by atoms with Crippen LogP contribution in [0.5, 0.6) is 0 Å². The molecule has 5 heteroatoms. The molecule has 1 aliphatic rings. The molecule has 2 heterocycles. The third-order valence-electron chi connectivity index (χ3n) is 3.73. The zero-order valence-corrected chi connectivity index (χ0v) is 10.4. The summed E-state index contributed by atoms with van der Waals surface area (Å²) in [6.07, 6.45) is 4.15. The van der Waals surface area contributed by atoms with Gasteiger partial charge in [-0.3, -0.25) is 4.90 Å². The van der Waals surface area contributed by atoms with Gasteiger partial charge in [0.2, 0.25) is 0 Å². The minimum Gasteiger partial charge on any atom is -0.320 e. The molecular formula is C11H21N5. The van der Waals surface area contributed by atoms with E-state index < -0.39 is 0 Å². The summed E-state index contributed by atoms with van der Waals surface area (Å²) in [6.45, 7) is 5.47. The van der Waals surface area contributed by atoms with Gasteiger partial charge in [0.05, 0.1) is 6.54 Å². The van der Waals surface area contributed by atoms with Crippen LogP contribution < -0.4 is 5.32 Å². The molecule has 0 unspecified atom stereocenters. The third-order valence-corrected chi connectivity index (χ3v) is 3.73. The Morgan fingerprint density at radius 2 is 2.12 bits per heavy atom. The average molecular weight is 223 g/mol. The lowest BCUT2D eigenvalue weighted by atomic mass is 9.90. The Bertz CT molecular complexity index is 338. The molecule has 1 fully saturated rings. The van der Waals surface area contributed by atoms with Crippen molar-refractivity contribution in [3.63, 3.8) is 0 Å². The van der Waals surface area contributed by atoms with E-state index in [0.29, 0.717) is 5.54 Å². The van der Waals surface area contributed by atoms with Crippen molar-refractivity contribution in [2.45, 2.75) is 31.8 Å². The van der Waals surface area contributed by atoms with E-state index >= 15 is 0 Å². The summed E-state index contributed by atoms with van der Waals surface area (Å²) < 4.78 is 1.99. The van der Waals surface area contributed by atoms with Crippen LogP contribution in [-0.4, -0.2) is 45.3 Å². The van der Waals surface area contributed by atoms with Crippen molar-refractivity contribution in [1.82, 2.24) is 25.0 Å². The van der Waals surface area contributed by atoms with Crippen LogP contribution in [0, 0.1) is 0 Å². The molecule has 0 bridgehead atoms. The predicted molar refractivity (Wildman–Crippen MR) is 63.0 cm³/mol. The van der Waals surface area contributed by atoms with Crippen molar-refractivity contribution in [3.8, 4) is 0 Å². The van der Waals surface area contributed by atoms with E-state index in [2.05, 4.69) is 34.4 Å². The fourth-order valence-corrected chi connectivity index (χ4v) is 2.10. The molecule has 0 spiro atoms. The van der Waals surface area contributed by atoms with Crippen LogP contribution in [0.3, 0.4) is 0 Å². The minimum absolute atomic E-state index is 0.316. The highest BCUT2D eigenvalue weighted by Gasteiger charge is 2.28. The molecule has 16 heavy (non-hydrogen) atoms. The van der Waals surface area contributed by atoms with E-state index in [1.807, 2.05) is 11.6 Å². The first-order chi connectivity index (χ1) is 7.63. The smallest absolute Gasteiger partial charge is 0.146 e. The van der Waals surface area contributed by atoms with Crippen LogP contribution in [0.2, 0.25) is 0 Å². The summed E-state index contributed by atoms with van der Waals surface area (Å²) in [5, 5.41) is 11.4. The zero-order valence-electron chi connectivity index (χ0n) is 10.4. The predicted octanol–water partition coefficient (Wildman–Crippen LogP) is 0.389. The number of aromatic nitrogens is 3. The second kappa shape index (κ2) is 4.51. The quantitative estimate of drug-likeness (QED) is 0.805. The Kier molecular flexibility index (Phi) is 3.25. The van der Waals surface area contributed by atoms with Gasteiger partial charge in [0.25, 0.3) is 0 Å². The maximum absolute atomic E-state index is 4.12. The molecule has 0 aliphatic carbocycles. The number of piperidine rings is 1. The lowest BCUT2D eigenvalue weighted by molar-refractivity contribution is 0.142. The Morgan fingerprint density at radius 3 is 2.62 bits per heavy atom. The van der Waals surface area contributed by atoms with Crippen molar-refractivity contribution < 1.29 is 0 Å². The van der Waals surface area contributed by atoms with Crippen LogP contribution in [0.1, 0.15) is 25.6 Å². The summed E-state index contributed by atoms with van der Waals surface area (Å²) >= 11 is 0. The Hall–Kier alpha value is -0.940. The lowest BCUT2D eigenvalue weighted by Crippen LogP contribution is -2.49. The normalized spacial score (nSPS) is 21.2. The van der Waals surface area contributed by atoms with Crippen molar-refractivity contribution in [1.29, 1.82) is 0 Å². The van der Waals surface area contributed by atoms with Gasteiger partial charge in [-0.1, -0.05) is 0 Å². The van der Waals surface area contributed by atoms with Gasteiger partial charge in [0.1, 0.15) is 12.2 Å². The minimum atomic E-state index is 0.316. The Morgan fingerprint density at radius 1 is 1.44 bits per heavy atom. The average Bonchev–Trinajstić information content (AvgIpc) is 2.68. The summed E-state index contributed by atoms with van der Waals surface area (Å²) in [6, 6.07) is 0. The number of nitrogens with one attached hydrogen (secondary N) is 1. The lowest BCUT2D eigenvalue weighted by Gasteiger charge is -2.39. The molecule has 0 amide bonds.